The number of nitrogens with zero attached hydrogens (tertiary/aromatic N) is 5. The summed E-state index contributed by atoms with van der Waals surface area (Å²) in [4.78, 5) is 77.8. The highest BCUT2D eigenvalue weighted by Gasteiger charge is 2.48. The van der Waals surface area contributed by atoms with Crippen LogP contribution in [0.25, 0.3) is 21.9 Å². The normalized spacial score (nSPS) is 21.5. The molecule has 1 spiro atoms. The fraction of sp³-hybridized carbons (Fsp3) is 0.419. The summed E-state index contributed by atoms with van der Waals surface area (Å²) in [7, 11) is 0. The summed E-state index contributed by atoms with van der Waals surface area (Å²) >= 11 is 6.50. The summed E-state index contributed by atoms with van der Waals surface area (Å²) in [6, 6.07) is 7.61. The van der Waals surface area contributed by atoms with Crippen molar-refractivity contribution >= 4 is 69.3 Å². The van der Waals surface area contributed by atoms with Gasteiger partial charge in [0.15, 0.2) is 0 Å². The van der Waals surface area contributed by atoms with Crippen LogP contribution >= 0.6 is 11.6 Å². The summed E-state index contributed by atoms with van der Waals surface area (Å²) in [6.45, 7) is 7.57. The van der Waals surface area contributed by atoms with Gasteiger partial charge in [-0.1, -0.05) is 11.6 Å². The third-order valence-corrected chi connectivity index (χ3v) is 13.5. The van der Waals surface area contributed by atoms with Crippen LogP contribution in [-0.2, 0) is 14.3 Å². The monoisotopic (exact) mass is 836 g/mol. The Morgan fingerprint density at radius 3 is 2.58 bits per heavy atom. The third-order valence-electron chi connectivity index (χ3n) is 13.1. The van der Waals surface area contributed by atoms with E-state index in [1.807, 2.05) is 13.0 Å². The summed E-state index contributed by atoms with van der Waals surface area (Å²) in [5.74, 6) is -1.40. The number of hydrogen-bond acceptors (Lipinski definition) is 12. The fourth-order valence-electron chi connectivity index (χ4n) is 9.80. The maximum Gasteiger partial charge on any atom is 0.413 e. The number of carbonyl (C=O) groups excluding carboxylic acids is 5. The van der Waals surface area contributed by atoms with E-state index in [0.717, 1.165) is 80.2 Å². The maximum absolute atomic E-state index is 15.6. The number of hydrogen-bond donors (Lipinski definition) is 3. The average Bonchev–Trinajstić information content (AvgIpc) is 3.45. The van der Waals surface area contributed by atoms with Gasteiger partial charge in [-0.2, -0.15) is 0 Å². The van der Waals surface area contributed by atoms with Crippen LogP contribution in [0.4, 0.5) is 26.4 Å². The van der Waals surface area contributed by atoms with Gasteiger partial charge in [0.05, 0.1) is 16.1 Å². The molecule has 5 aliphatic heterocycles. The van der Waals surface area contributed by atoms with Crippen molar-refractivity contribution in [3.63, 3.8) is 0 Å². The second-order valence-corrected chi connectivity index (χ2v) is 17.3. The minimum Gasteiger partial charge on any atom is -0.474 e. The molecule has 4 fully saturated rings. The molecule has 1 aliphatic carbocycles. The van der Waals surface area contributed by atoms with E-state index >= 15 is 4.39 Å². The van der Waals surface area contributed by atoms with Crippen molar-refractivity contribution in [3.8, 4) is 17.0 Å². The predicted octanol–water partition coefficient (Wildman–Crippen LogP) is 5.53. The Labute approximate surface area is 348 Å². The Kier molecular flexibility index (Phi) is 9.39. The van der Waals surface area contributed by atoms with Crippen molar-refractivity contribution in [2.24, 2.45) is 11.3 Å². The molecule has 2 aromatic carbocycles. The Morgan fingerprint density at radius 2 is 1.80 bits per heavy atom. The predicted molar refractivity (Wildman–Crippen MR) is 219 cm³/mol. The number of pyridine rings is 2. The summed E-state index contributed by atoms with van der Waals surface area (Å²) in [6.07, 6.45) is 6.13. The van der Waals surface area contributed by atoms with E-state index in [1.165, 1.54) is 6.20 Å². The fourth-order valence-corrected chi connectivity index (χ4v) is 10.1. The van der Waals surface area contributed by atoms with E-state index in [2.05, 4.69) is 35.7 Å². The van der Waals surface area contributed by atoms with E-state index in [9.17, 15) is 24.0 Å². The zero-order valence-electron chi connectivity index (χ0n) is 32.8. The number of amides is 5. The van der Waals surface area contributed by atoms with Gasteiger partial charge < -0.3 is 24.6 Å². The second-order valence-electron chi connectivity index (χ2n) is 16.9. The largest absolute Gasteiger partial charge is 0.474 e. The number of carbonyl (C=O) groups is 5. The number of aromatic nitrogens is 2. The first-order valence-corrected chi connectivity index (χ1v) is 20.8. The van der Waals surface area contributed by atoms with E-state index in [4.69, 9.17) is 21.1 Å². The van der Waals surface area contributed by atoms with E-state index < -0.39 is 41.6 Å². The van der Waals surface area contributed by atoms with E-state index in [1.54, 1.807) is 30.5 Å². The number of likely N-dealkylation sites (tertiary alicyclic amines) is 1. The lowest BCUT2D eigenvalue weighted by molar-refractivity contribution is -0.136. The molecule has 2 aromatic heterocycles. The quantitative estimate of drug-likeness (QED) is 0.199. The van der Waals surface area contributed by atoms with Crippen molar-refractivity contribution in [2.75, 3.05) is 61.4 Å². The van der Waals surface area contributed by atoms with Crippen LogP contribution in [0, 0.1) is 24.1 Å². The number of imide groups is 2. The number of rotatable bonds is 7. The molecule has 6 aliphatic rings. The maximum atomic E-state index is 15.6. The van der Waals surface area contributed by atoms with Crippen LogP contribution in [0.2, 0.25) is 5.02 Å². The first kappa shape index (κ1) is 38.3. The van der Waals surface area contributed by atoms with Gasteiger partial charge in [0, 0.05) is 73.1 Å². The molecule has 0 radical (unpaired) electrons. The number of anilines is 3. The van der Waals surface area contributed by atoms with Gasteiger partial charge in [-0.3, -0.25) is 34.7 Å². The van der Waals surface area contributed by atoms with Crippen LogP contribution in [0.5, 0.6) is 5.88 Å². The Balaban J connectivity index is 0.692. The zero-order chi connectivity index (χ0) is 41.4. The van der Waals surface area contributed by atoms with Gasteiger partial charge in [0.25, 0.3) is 11.8 Å². The summed E-state index contributed by atoms with van der Waals surface area (Å²) in [5, 5.41) is 9.20. The number of nitrogens with one attached hydrogen (secondary N) is 3. The second kappa shape index (κ2) is 14.7. The minimum absolute atomic E-state index is 0.0675. The van der Waals surface area contributed by atoms with Crippen molar-refractivity contribution in [3.05, 3.63) is 70.3 Å². The zero-order valence-corrected chi connectivity index (χ0v) is 33.6. The van der Waals surface area contributed by atoms with Crippen LogP contribution < -0.4 is 25.6 Å². The van der Waals surface area contributed by atoms with Crippen molar-refractivity contribution in [1.29, 1.82) is 0 Å². The average molecular weight is 837 g/mol. The Bertz CT molecular complexity index is 2510. The van der Waals surface area contributed by atoms with Crippen molar-refractivity contribution in [1.82, 2.24) is 25.1 Å². The summed E-state index contributed by atoms with van der Waals surface area (Å²) < 4.78 is 27.0. The SMILES string of the molecule is Cc1c(-c2cc3cc(NC(=O)OC4CC5(CCN(CC6CN(c7ccc8c(c7)C(=O)N(C7CCC(=O)NC7=O)C8=O)C6)CC5)C4)ncc3c(Cl)c2F)cnc2c1NCCO2. The highest BCUT2D eigenvalue weighted by atomic mass is 35.5. The molecule has 7 heterocycles. The molecule has 1 atom stereocenters. The lowest BCUT2D eigenvalue weighted by Gasteiger charge is -2.52. The van der Waals surface area contributed by atoms with Crippen LogP contribution in [0.1, 0.15) is 64.8 Å². The molecule has 3 saturated heterocycles. The van der Waals surface area contributed by atoms with E-state index in [0.29, 0.717) is 46.8 Å². The first-order valence-electron chi connectivity index (χ1n) is 20.4. The molecule has 3 N–H and O–H groups in total. The van der Waals surface area contributed by atoms with Crippen LogP contribution in [-0.4, -0.2) is 108 Å². The van der Waals surface area contributed by atoms with Gasteiger partial charge in [-0.25, -0.2) is 19.2 Å². The number of halogens is 2. The molecular weight excluding hydrogens is 795 g/mol. The van der Waals surface area contributed by atoms with Crippen LogP contribution in [0.15, 0.2) is 42.7 Å². The minimum atomic E-state index is -0.984. The van der Waals surface area contributed by atoms with Gasteiger partial charge in [-0.15, -0.1) is 0 Å². The molecule has 4 aromatic rings. The Hall–Kier alpha value is -5.87. The molecule has 60 heavy (non-hydrogen) atoms. The number of ether oxygens (including phenoxy) is 2. The van der Waals surface area contributed by atoms with Crippen LogP contribution in [0.3, 0.4) is 0 Å². The van der Waals surface area contributed by atoms with Gasteiger partial charge in [0.2, 0.25) is 17.7 Å². The van der Waals surface area contributed by atoms with Crippen molar-refractivity contribution < 1.29 is 37.8 Å². The topological polar surface area (TPSA) is 175 Å². The molecule has 1 saturated carbocycles. The van der Waals surface area contributed by atoms with E-state index in [-0.39, 0.29) is 46.3 Å². The van der Waals surface area contributed by atoms with Gasteiger partial charge in [-0.05, 0) is 98.8 Å². The first-order chi connectivity index (χ1) is 28.9. The molecule has 15 nitrogen and oxygen atoms in total. The molecule has 5 amide bonds. The highest BCUT2D eigenvalue weighted by molar-refractivity contribution is 6.36. The molecule has 0 bridgehead atoms. The smallest absolute Gasteiger partial charge is 0.413 e. The lowest BCUT2D eigenvalue weighted by atomic mass is 9.61. The van der Waals surface area contributed by atoms with Gasteiger partial charge >= 0.3 is 6.09 Å². The summed E-state index contributed by atoms with van der Waals surface area (Å²) in [5.41, 5.74) is 3.96. The molecule has 1 unspecified atom stereocenters. The highest BCUT2D eigenvalue weighted by Crippen LogP contribution is 2.50. The van der Waals surface area contributed by atoms with Gasteiger partial charge in [0.1, 0.15) is 36.1 Å². The molecular formula is C43H42ClFN8O7. The molecule has 310 valence electrons. The molecule has 17 heteroatoms. The third kappa shape index (κ3) is 6.65. The number of benzene rings is 2. The molecule has 10 rings (SSSR count). The van der Waals surface area contributed by atoms with Crippen molar-refractivity contribution in [2.45, 2.75) is 57.6 Å². The number of piperidine rings is 2. The number of fused-ring (bicyclic) bond motifs is 3. The Morgan fingerprint density at radius 1 is 1.02 bits per heavy atom. The standard InChI is InChI=1S/C43H42ClFN8O7/c1-22-30(17-48-39-37(22)46-8-11-59-39)28-12-24-13-33(47-18-31(24)35(44)36(28)45)49-42(58)60-26-15-43(16-26)6-9-51(10-7-43)19-23-20-52(21-23)25-2-3-27-29(14-25)41(57)53(40(27)56)32-4-5-34(54)50-38(32)55/h2-3,12-14,17-18,23,26,32,46H,4-11,15-16,19-21H2,1H3,(H,47,49,58)(H,50,54,55). The lowest BCUT2D eigenvalue weighted by Crippen LogP contribution is -2.55.